The second-order valence-electron chi connectivity index (χ2n) is 7.68. The van der Waals surface area contributed by atoms with Gasteiger partial charge in [-0.25, -0.2) is 0 Å². The maximum Gasteiger partial charge on any atom is 0.238 e. The van der Waals surface area contributed by atoms with E-state index in [2.05, 4.69) is 20.5 Å². The fourth-order valence-electron chi connectivity index (χ4n) is 3.89. The summed E-state index contributed by atoms with van der Waals surface area (Å²) in [5.74, 6) is 0.0710. The second kappa shape index (κ2) is 9.50. The zero-order valence-electron chi connectivity index (χ0n) is 16.9. The Morgan fingerprint density at radius 1 is 0.967 bits per heavy atom. The van der Waals surface area contributed by atoms with E-state index >= 15 is 0 Å². The van der Waals surface area contributed by atoms with E-state index in [0.29, 0.717) is 13.1 Å². The lowest BCUT2D eigenvalue weighted by molar-refractivity contribution is -0.126. The number of likely N-dealkylation sites (tertiary alicyclic amines) is 1. The molecule has 1 saturated heterocycles. The smallest absolute Gasteiger partial charge is 0.238 e. The molecule has 0 radical (unpaired) electrons. The molecule has 1 fully saturated rings. The van der Waals surface area contributed by atoms with Gasteiger partial charge in [0.05, 0.1) is 17.7 Å². The first-order valence-corrected chi connectivity index (χ1v) is 10.4. The molecule has 2 amide bonds. The lowest BCUT2D eigenvalue weighted by Gasteiger charge is -2.30. The number of pyridine rings is 1. The van der Waals surface area contributed by atoms with Gasteiger partial charge in [0, 0.05) is 24.0 Å². The summed E-state index contributed by atoms with van der Waals surface area (Å²) in [5.41, 5.74) is 2.74. The van der Waals surface area contributed by atoms with E-state index in [1.54, 1.807) is 6.20 Å². The average Bonchev–Trinajstić information content (AvgIpc) is 2.79. The van der Waals surface area contributed by atoms with Crippen LogP contribution in [0.3, 0.4) is 0 Å². The van der Waals surface area contributed by atoms with Crippen LogP contribution >= 0.6 is 0 Å². The van der Waals surface area contributed by atoms with E-state index in [0.717, 1.165) is 48.1 Å². The van der Waals surface area contributed by atoms with Gasteiger partial charge >= 0.3 is 0 Å². The second-order valence-corrected chi connectivity index (χ2v) is 7.68. The Kier molecular flexibility index (Phi) is 6.35. The van der Waals surface area contributed by atoms with Crippen molar-refractivity contribution in [2.75, 3.05) is 25.0 Å². The normalized spacial score (nSPS) is 15.1. The molecule has 0 spiro atoms. The molecule has 1 aliphatic heterocycles. The molecule has 154 valence electrons. The van der Waals surface area contributed by atoms with Crippen LogP contribution in [0.15, 0.2) is 66.9 Å². The van der Waals surface area contributed by atoms with Crippen LogP contribution in [0.1, 0.15) is 18.4 Å². The minimum absolute atomic E-state index is 0.0113. The summed E-state index contributed by atoms with van der Waals surface area (Å²) in [6.45, 7) is 2.37. The van der Waals surface area contributed by atoms with E-state index in [4.69, 9.17) is 0 Å². The van der Waals surface area contributed by atoms with E-state index in [9.17, 15) is 9.59 Å². The summed E-state index contributed by atoms with van der Waals surface area (Å²) in [7, 11) is 0. The molecule has 2 heterocycles. The van der Waals surface area contributed by atoms with Crippen molar-refractivity contribution in [1.29, 1.82) is 0 Å². The highest BCUT2D eigenvalue weighted by molar-refractivity contribution is 6.01. The molecular formula is C24H26N4O2. The molecule has 1 aliphatic rings. The Labute approximate surface area is 176 Å². The Morgan fingerprint density at radius 3 is 2.57 bits per heavy atom. The van der Waals surface area contributed by atoms with Crippen molar-refractivity contribution in [3.8, 4) is 0 Å². The van der Waals surface area contributed by atoms with Crippen molar-refractivity contribution in [3.05, 3.63) is 72.4 Å². The molecule has 3 aromatic rings. The number of carbonyl (C=O) groups is 2. The van der Waals surface area contributed by atoms with E-state index in [1.165, 1.54) is 0 Å². The van der Waals surface area contributed by atoms with Gasteiger partial charge < -0.3 is 10.6 Å². The number of nitrogens with one attached hydrogen (secondary N) is 2. The van der Waals surface area contributed by atoms with Gasteiger partial charge in [-0.05, 0) is 55.8 Å². The Morgan fingerprint density at radius 2 is 1.77 bits per heavy atom. The molecule has 0 atom stereocenters. The number of nitrogens with zero attached hydrogens (tertiary/aromatic N) is 2. The number of rotatable bonds is 6. The predicted molar refractivity (Wildman–Crippen MR) is 118 cm³/mol. The number of carbonyl (C=O) groups excluding carboxylic acids is 2. The van der Waals surface area contributed by atoms with Gasteiger partial charge in [-0.1, -0.05) is 36.4 Å². The van der Waals surface area contributed by atoms with Crippen LogP contribution in [0.4, 0.5) is 5.69 Å². The number of amides is 2. The highest BCUT2D eigenvalue weighted by Gasteiger charge is 2.25. The molecule has 6 nitrogen and oxygen atoms in total. The molecule has 1 aromatic heterocycles. The van der Waals surface area contributed by atoms with Crippen LogP contribution in [-0.4, -0.2) is 41.3 Å². The first-order chi connectivity index (χ1) is 14.7. The minimum atomic E-state index is -0.0432. The van der Waals surface area contributed by atoms with Gasteiger partial charge in [0.25, 0.3) is 0 Å². The van der Waals surface area contributed by atoms with Crippen LogP contribution in [0, 0.1) is 5.92 Å². The van der Waals surface area contributed by atoms with Gasteiger partial charge in [0.15, 0.2) is 0 Å². The quantitative estimate of drug-likeness (QED) is 0.664. The molecular weight excluding hydrogens is 376 g/mol. The Hall–Kier alpha value is -3.25. The summed E-state index contributed by atoms with van der Waals surface area (Å²) >= 11 is 0. The highest BCUT2D eigenvalue weighted by Crippen LogP contribution is 2.22. The third kappa shape index (κ3) is 5.02. The van der Waals surface area contributed by atoms with Crippen LogP contribution < -0.4 is 10.6 Å². The third-order valence-corrected chi connectivity index (χ3v) is 5.55. The van der Waals surface area contributed by atoms with Crippen molar-refractivity contribution in [1.82, 2.24) is 15.2 Å². The Bertz CT molecular complexity index is 1010. The largest absolute Gasteiger partial charge is 0.352 e. The first kappa shape index (κ1) is 20.0. The molecule has 2 aromatic carbocycles. The number of fused-ring (bicyclic) bond motifs is 1. The number of hydrogen-bond donors (Lipinski definition) is 2. The van der Waals surface area contributed by atoms with Gasteiger partial charge in [-0.15, -0.1) is 0 Å². The summed E-state index contributed by atoms with van der Waals surface area (Å²) in [4.78, 5) is 31.4. The number of piperidine rings is 1. The van der Waals surface area contributed by atoms with Crippen LogP contribution in [0.5, 0.6) is 0 Å². The third-order valence-electron chi connectivity index (χ3n) is 5.55. The van der Waals surface area contributed by atoms with Crippen molar-refractivity contribution in [3.63, 3.8) is 0 Å². The Balaban J connectivity index is 1.24. The molecule has 4 rings (SSSR count). The average molecular weight is 402 g/mol. The zero-order chi connectivity index (χ0) is 20.8. The zero-order valence-corrected chi connectivity index (χ0v) is 16.9. The summed E-state index contributed by atoms with van der Waals surface area (Å²) in [5, 5.41) is 6.97. The van der Waals surface area contributed by atoms with Gasteiger partial charge in [0.2, 0.25) is 11.8 Å². The molecule has 0 unspecified atom stereocenters. The van der Waals surface area contributed by atoms with E-state index < -0.39 is 0 Å². The first-order valence-electron chi connectivity index (χ1n) is 10.4. The lowest BCUT2D eigenvalue weighted by Crippen LogP contribution is -2.43. The highest BCUT2D eigenvalue weighted by atomic mass is 16.2. The van der Waals surface area contributed by atoms with Crippen molar-refractivity contribution < 1.29 is 9.59 Å². The number of benzene rings is 2. The van der Waals surface area contributed by atoms with E-state index in [-0.39, 0.29) is 17.7 Å². The maximum atomic E-state index is 12.5. The number of hydrogen-bond acceptors (Lipinski definition) is 4. The van der Waals surface area contributed by atoms with Crippen LogP contribution in [0.25, 0.3) is 10.9 Å². The fourth-order valence-corrected chi connectivity index (χ4v) is 3.89. The fraction of sp³-hybridized carbons (Fsp3) is 0.292. The SMILES string of the molecule is O=C(CN1CCC(C(=O)NCc2ccccc2)CC1)Nc1cccc2ncccc12. The molecule has 30 heavy (non-hydrogen) atoms. The standard InChI is InChI=1S/C24H26N4O2/c29-23(27-22-10-4-9-21-20(22)8-5-13-25-21)17-28-14-11-19(12-15-28)24(30)26-16-18-6-2-1-3-7-18/h1-10,13,19H,11-12,14-17H2,(H,26,30)(H,27,29). The number of anilines is 1. The molecule has 2 N–H and O–H groups in total. The molecule has 0 saturated carbocycles. The molecule has 0 aliphatic carbocycles. The summed E-state index contributed by atoms with van der Waals surface area (Å²) < 4.78 is 0. The van der Waals surface area contributed by atoms with Crippen molar-refractivity contribution >= 4 is 28.4 Å². The van der Waals surface area contributed by atoms with Crippen LogP contribution in [-0.2, 0) is 16.1 Å². The minimum Gasteiger partial charge on any atom is -0.352 e. The topological polar surface area (TPSA) is 74.3 Å². The van der Waals surface area contributed by atoms with Gasteiger partial charge in [-0.2, -0.15) is 0 Å². The number of aromatic nitrogens is 1. The lowest BCUT2D eigenvalue weighted by atomic mass is 9.96. The monoisotopic (exact) mass is 402 g/mol. The maximum absolute atomic E-state index is 12.5. The van der Waals surface area contributed by atoms with Gasteiger partial charge in [0.1, 0.15) is 0 Å². The molecule has 0 bridgehead atoms. The predicted octanol–water partition coefficient (Wildman–Crippen LogP) is 3.20. The summed E-state index contributed by atoms with van der Waals surface area (Å²) in [6.07, 6.45) is 3.28. The summed E-state index contributed by atoms with van der Waals surface area (Å²) in [6, 6.07) is 19.5. The van der Waals surface area contributed by atoms with E-state index in [1.807, 2.05) is 60.7 Å². The van der Waals surface area contributed by atoms with Crippen molar-refractivity contribution in [2.45, 2.75) is 19.4 Å². The molecule has 6 heteroatoms. The van der Waals surface area contributed by atoms with Crippen molar-refractivity contribution in [2.24, 2.45) is 5.92 Å². The van der Waals surface area contributed by atoms with Crippen LogP contribution in [0.2, 0.25) is 0 Å². The van der Waals surface area contributed by atoms with Gasteiger partial charge in [-0.3, -0.25) is 19.5 Å².